The molecule has 1 aliphatic rings. The fraction of sp³-hybridized carbons (Fsp3) is 0.273. The van der Waals surface area contributed by atoms with E-state index in [2.05, 4.69) is 11.4 Å². The monoisotopic (exact) mass is 193 g/mol. The van der Waals surface area contributed by atoms with Gasteiger partial charge >= 0.3 is 0 Å². The molecule has 0 spiro atoms. The van der Waals surface area contributed by atoms with Crippen molar-refractivity contribution in [3.8, 4) is 0 Å². The molecule has 0 amide bonds. The van der Waals surface area contributed by atoms with Crippen molar-refractivity contribution < 1.29 is 0 Å². The standard InChI is InChI=1S/C11H12ClN/c12-11-4-2-1-3-10(11)7-9-5-6-13-8-9/h1-4,7,13H,5-6,8H2/b9-7-. The Kier molecular flexibility index (Phi) is 2.67. The summed E-state index contributed by atoms with van der Waals surface area (Å²) in [5, 5.41) is 4.14. The lowest BCUT2D eigenvalue weighted by molar-refractivity contribution is 0.862. The second-order valence-electron chi connectivity index (χ2n) is 3.25. The Hall–Kier alpha value is -0.790. The van der Waals surface area contributed by atoms with Gasteiger partial charge in [-0.1, -0.05) is 41.4 Å². The van der Waals surface area contributed by atoms with E-state index in [1.54, 1.807) is 0 Å². The maximum absolute atomic E-state index is 6.04. The second-order valence-corrected chi connectivity index (χ2v) is 3.66. The molecular weight excluding hydrogens is 182 g/mol. The predicted molar refractivity (Wildman–Crippen MR) is 56.9 cm³/mol. The molecule has 1 heterocycles. The number of hydrogen-bond donors (Lipinski definition) is 1. The highest BCUT2D eigenvalue weighted by Gasteiger charge is 2.05. The van der Waals surface area contributed by atoms with E-state index >= 15 is 0 Å². The van der Waals surface area contributed by atoms with Crippen LogP contribution in [0.5, 0.6) is 0 Å². The van der Waals surface area contributed by atoms with Gasteiger partial charge in [-0.3, -0.25) is 0 Å². The summed E-state index contributed by atoms with van der Waals surface area (Å²) in [5.41, 5.74) is 2.57. The molecule has 0 aromatic heterocycles. The van der Waals surface area contributed by atoms with E-state index < -0.39 is 0 Å². The SMILES string of the molecule is Clc1ccccc1/C=C1/CCNC1. The van der Waals surface area contributed by atoms with Gasteiger partial charge in [-0.05, 0) is 24.6 Å². The van der Waals surface area contributed by atoms with Crippen molar-refractivity contribution >= 4 is 17.7 Å². The van der Waals surface area contributed by atoms with Crippen molar-refractivity contribution in [3.63, 3.8) is 0 Å². The summed E-state index contributed by atoms with van der Waals surface area (Å²) < 4.78 is 0. The fourth-order valence-corrected chi connectivity index (χ4v) is 1.71. The lowest BCUT2D eigenvalue weighted by atomic mass is 10.1. The van der Waals surface area contributed by atoms with Gasteiger partial charge in [0.1, 0.15) is 0 Å². The first-order chi connectivity index (χ1) is 6.36. The highest BCUT2D eigenvalue weighted by atomic mass is 35.5. The molecule has 0 saturated carbocycles. The number of halogens is 1. The maximum Gasteiger partial charge on any atom is 0.0478 e. The molecular formula is C11H12ClN. The molecule has 13 heavy (non-hydrogen) atoms. The van der Waals surface area contributed by atoms with Crippen LogP contribution in [0, 0.1) is 0 Å². The Labute approximate surface area is 83.4 Å². The van der Waals surface area contributed by atoms with E-state index in [9.17, 15) is 0 Å². The molecule has 0 bridgehead atoms. The molecule has 1 aliphatic heterocycles. The van der Waals surface area contributed by atoms with Crippen LogP contribution in [0.25, 0.3) is 6.08 Å². The summed E-state index contributed by atoms with van der Waals surface area (Å²) in [6.45, 7) is 2.10. The number of rotatable bonds is 1. The van der Waals surface area contributed by atoms with Gasteiger partial charge in [-0.2, -0.15) is 0 Å². The van der Waals surface area contributed by atoms with Crippen LogP contribution < -0.4 is 5.32 Å². The molecule has 2 heteroatoms. The van der Waals surface area contributed by atoms with E-state index in [-0.39, 0.29) is 0 Å². The third-order valence-electron chi connectivity index (χ3n) is 2.24. The maximum atomic E-state index is 6.04. The Morgan fingerprint density at radius 2 is 2.15 bits per heavy atom. The largest absolute Gasteiger partial charge is 0.313 e. The van der Waals surface area contributed by atoms with Crippen LogP contribution >= 0.6 is 11.6 Å². The van der Waals surface area contributed by atoms with Gasteiger partial charge in [0.2, 0.25) is 0 Å². The Morgan fingerprint density at radius 1 is 1.31 bits per heavy atom. The second kappa shape index (κ2) is 3.95. The van der Waals surface area contributed by atoms with Gasteiger partial charge in [0.05, 0.1) is 0 Å². The minimum absolute atomic E-state index is 0.835. The molecule has 0 aliphatic carbocycles. The van der Waals surface area contributed by atoms with Crippen molar-refractivity contribution in [2.75, 3.05) is 13.1 Å². The first kappa shape index (κ1) is 8.79. The average molecular weight is 194 g/mol. The smallest absolute Gasteiger partial charge is 0.0478 e. The zero-order chi connectivity index (χ0) is 9.10. The molecule has 1 aromatic rings. The highest BCUT2D eigenvalue weighted by molar-refractivity contribution is 6.32. The van der Waals surface area contributed by atoms with Gasteiger partial charge in [-0.15, -0.1) is 0 Å². The van der Waals surface area contributed by atoms with Gasteiger partial charge in [0.25, 0.3) is 0 Å². The summed E-state index contributed by atoms with van der Waals surface area (Å²) in [5.74, 6) is 0. The molecule has 68 valence electrons. The topological polar surface area (TPSA) is 12.0 Å². The van der Waals surface area contributed by atoms with Crippen LogP contribution in [0.3, 0.4) is 0 Å². The number of nitrogens with one attached hydrogen (secondary N) is 1. The molecule has 1 N–H and O–H groups in total. The van der Waals surface area contributed by atoms with Crippen LogP contribution in [0.4, 0.5) is 0 Å². The summed E-state index contributed by atoms with van der Waals surface area (Å²) in [6.07, 6.45) is 3.33. The third-order valence-corrected chi connectivity index (χ3v) is 2.58. The minimum Gasteiger partial charge on any atom is -0.313 e. The van der Waals surface area contributed by atoms with Crippen molar-refractivity contribution in [1.29, 1.82) is 0 Å². The molecule has 1 saturated heterocycles. The van der Waals surface area contributed by atoms with Gasteiger partial charge in [0.15, 0.2) is 0 Å². The van der Waals surface area contributed by atoms with E-state index in [4.69, 9.17) is 11.6 Å². The average Bonchev–Trinajstić information content (AvgIpc) is 2.61. The molecule has 1 nitrogen and oxygen atoms in total. The third kappa shape index (κ3) is 2.11. The van der Waals surface area contributed by atoms with Crippen molar-refractivity contribution in [1.82, 2.24) is 5.32 Å². The Balaban J connectivity index is 2.25. The van der Waals surface area contributed by atoms with Crippen molar-refractivity contribution in [2.45, 2.75) is 6.42 Å². The summed E-state index contributed by atoms with van der Waals surface area (Å²) in [4.78, 5) is 0. The van der Waals surface area contributed by atoms with Crippen LogP contribution in [0.2, 0.25) is 5.02 Å². The molecule has 1 fully saturated rings. The lowest BCUT2D eigenvalue weighted by Crippen LogP contribution is -2.04. The Bertz CT molecular complexity index is 323. The number of hydrogen-bond acceptors (Lipinski definition) is 1. The van der Waals surface area contributed by atoms with Gasteiger partial charge < -0.3 is 5.32 Å². The molecule has 0 atom stereocenters. The molecule has 2 rings (SSSR count). The van der Waals surface area contributed by atoms with Crippen molar-refractivity contribution in [2.24, 2.45) is 0 Å². The van der Waals surface area contributed by atoms with Crippen LogP contribution in [0.1, 0.15) is 12.0 Å². The number of benzene rings is 1. The van der Waals surface area contributed by atoms with Gasteiger partial charge in [-0.25, -0.2) is 0 Å². The van der Waals surface area contributed by atoms with Crippen LogP contribution in [-0.4, -0.2) is 13.1 Å². The van der Waals surface area contributed by atoms with E-state index in [1.807, 2.05) is 24.3 Å². The molecule has 0 unspecified atom stereocenters. The predicted octanol–water partition coefficient (Wildman–Crippen LogP) is 2.72. The zero-order valence-corrected chi connectivity index (χ0v) is 8.14. The van der Waals surface area contributed by atoms with Crippen molar-refractivity contribution in [3.05, 3.63) is 40.4 Å². The summed E-state index contributed by atoms with van der Waals surface area (Å²) in [7, 11) is 0. The zero-order valence-electron chi connectivity index (χ0n) is 7.39. The van der Waals surface area contributed by atoms with E-state index in [0.717, 1.165) is 30.1 Å². The normalized spacial score (nSPS) is 19.6. The van der Waals surface area contributed by atoms with Crippen LogP contribution in [0.15, 0.2) is 29.8 Å². The summed E-state index contributed by atoms with van der Waals surface area (Å²) in [6, 6.07) is 7.95. The lowest BCUT2D eigenvalue weighted by Gasteiger charge is -1.98. The van der Waals surface area contributed by atoms with Gasteiger partial charge in [0, 0.05) is 11.6 Å². The minimum atomic E-state index is 0.835. The highest BCUT2D eigenvalue weighted by Crippen LogP contribution is 2.19. The summed E-state index contributed by atoms with van der Waals surface area (Å²) >= 11 is 6.04. The van der Waals surface area contributed by atoms with E-state index in [1.165, 1.54) is 5.57 Å². The Morgan fingerprint density at radius 3 is 2.85 bits per heavy atom. The quantitative estimate of drug-likeness (QED) is 0.723. The van der Waals surface area contributed by atoms with E-state index in [0.29, 0.717) is 0 Å². The molecule has 1 aromatic carbocycles. The first-order valence-corrected chi connectivity index (χ1v) is 4.89. The first-order valence-electron chi connectivity index (χ1n) is 4.51. The van der Waals surface area contributed by atoms with Crippen LogP contribution in [-0.2, 0) is 0 Å². The molecule has 0 radical (unpaired) electrons. The fourth-order valence-electron chi connectivity index (χ4n) is 1.52.